The van der Waals surface area contributed by atoms with Crippen LogP contribution in [0.15, 0.2) is 53.5 Å². The first-order chi connectivity index (χ1) is 15.7. The van der Waals surface area contributed by atoms with Crippen molar-refractivity contribution >= 4 is 29.9 Å². The molecule has 1 atom stereocenters. The van der Waals surface area contributed by atoms with Crippen LogP contribution in [0, 0.1) is 0 Å². The molecular formula is C26H37IN4O2. The van der Waals surface area contributed by atoms with Crippen LogP contribution in [0.4, 0.5) is 0 Å². The molecule has 0 radical (unpaired) electrons. The highest BCUT2D eigenvalue weighted by molar-refractivity contribution is 14.0. The number of aliphatic imine (C=N–C) groups is 1. The Morgan fingerprint density at radius 1 is 1.09 bits per heavy atom. The number of likely N-dealkylation sites (tertiary alicyclic amines) is 1. The Bertz CT molecular complexity index is 884. The van der Waals surface area contributed by atoms with Crippen LogP contribution in [0.1, 0.15) is 36.0 Å². The van der Waals surface area contributed by atoms with Crippen molar-refractivity contribution in [3.63, 3.8) is 0 Å². The minimum Gasteiger partial charge on any atom is -0.497 e. The fraction of sp³-hybridized carbons (Fsp3) is 0.500. The van der Waals surface area contributed by atoms with Crippen LogP contribution in [-0.4, -0.2) is 68.8 Å². The lowest BCUT2D eigenvalue weighted by Crippen LogP contribution is -2.40. The molecule has 2 aromatic rings. The average Bonchev–Trinajstić information content (AvgIpc) is 3.33. The highest BCUT2D eigenvalue weighted by Gasteiger charge is 2.26. The average molecular weight is 565 g/mol. The van der Waals surface area contributed by atoms with E-state index in [9.17, 15) is 0 Å². The number of guanidine groups is 1. The largest absolute Gasteiger partial charge is 0.497 e. The zero-order chi connectivity index (χ0) is 22.2. The second-order valence-electron chi connectivity index (χ2n) is 8.58. The minimum atomic E-state index is 0. The number of ether oxygens (including phenoxy) is 2. The molecule has 4 rings (SSSR count). The van der Waals surface area contributed by atoms with Gasteiger partial charge in [-0.05, 0) is 42.2 Å². The van der Waals surface area contributed by atoms with E-state index in [0.29, 0.717) is 12.5 Å². The van der Waals surface area contributed by atoms with E-state index in [1.807, 2.05) is 0 Å². The molecule has 2 aliphatic rings. The Hall–Kier alpha value is -1.84. The van der Waals surface area contributed by atoms with Gasteiger partial charge in [-0.3, -0.25) is 4.90 Å². The summed E-state index contributed by atoms with van der Waals surface area (Å²) in [6, 6.07) is 17.3. The number of methoxy groups -OCH3 is 1. The Morgan fingerprint density at radius 2 is 1.85 bits per heavy atom. The standard InChI is InChI=1S/C26H36N4O2.HI/c1-3-27-26(30-12-11-24(20-30)23-7-9-25(31-2)10-8-23)28-18-21-5-4-6-22(17-21)19-29-13-15-32-16-14-29;/h4-10,17,24H,3,11-16,18-20H2,1-2H3,(H,27,28);1H. The molecular weight excluding hydrogens is 527 g/mol. The Morgan fingerprint density at radius 3 is 2.58 bits per heavy atom. The summed E-state index contributed by atoms with van der Waals surface area (Å²) in [7, 11) is 1.71. The molecule has 0 aromatic heterocycles. The van der Waals surface area contributed by atoms with Gasteiger partial charge >= 0.3 is 0 Å². The molecule has 1 unspecified atom stereocenters. The molecule has 33 heavy (non-hydrogen) atoms. The van der Waals surface area contributed by atoms with Gasteiger partial charge < -0.3 is 19.7 Å². The van der Waals surface area contributed by atoms with Gasteiger partial charge in [-0.2, -0.15) is 0 Å². The molecule has 2 fully saturated rings. The van der Waals surface area contributed by atoms with E-state index in [0.717, 1.165) is 70.6 Å². The third-order valence-corrected chi connectivity index (χ3v) is 6.32. The summed E-state index contributed by atoms with van der Waals surface area (Å²) in [5.74, 6) is 2.46. The first-order valence-corrected chi connectivity index (χ1v) is 11.8. The van der Waals surface area contributed by atoms with Crippen molar-refractivity contribution in [1.29, 1.82) is 0 Å². The topological polar surface area (TPSA) is 49.3 Å². The first kappa shape index (κ1) is 25.8. The molecule has 6 nitrogen and oxygen atoms in total. The molecule has 0 aliphatic carbocycles. The van der Waals surface area contributed by atoms with Crippen LogP contribution >= 0.6 is 24.0 Å². The normalized spacial score (nSPS) is 19.3. The van der Waals surface area contributed by atoms with E-state index < -0.39 is 0 Å². The van der Waals surface area contributed by atoms with E-state index in [1.54, 1.807) is 7.11 Å². The summed E-state index contributed by atoms with van der Waals surface area (Å²) in [4.78, 5) is 9.84. The van der Waals surface area contributed by atoms with Crippen molar-refractivity contribution in [3.05, 3.63) is 65.2 Å². The van der Waals surface area contributed by atoms with Gasteiger partial charge in [0, 0.05) is 45.2 Å². The first-order valence-electron chi connectivity index (χ1n) is 11.8. The van der Waals surface area contributed by atoms with Crippen molar-refractivity contribution in [1.82, 2.24) is 15.1 Å². The zero-order valence-corrected chi connectivity index (χ0v) is 22.2. The number of hydrogen-bond acceptors (Lipinski definition) is 4. The maximum atomic E-state index is 5.47. The summed E-state index contributed by atoms with van der Waals surface area (Å²) < 4.78 is 10.8. The van der Waals surface area contributed by atoms with Gasteiger partial charge in [0.25, 0.3) is 0 Å². The summed E-state index contributed by atoms with van der Waals surface area (Å²) in [5.41, 5.74) is 3.99. The maximum absolute atomic E-state index is 5.47. The lowest BCUT2D eigenvalue weighted by molar-refractivity contribution is 0.0342. The van der Waals surface area contributed by atoms with Crippen LogP contribution in [-0.2, 0) is 17.8 Å². The second-order valence-corrected chi connectivity index (χ2v) is 8.58. The predicted octanol–water partition coefficient (Wildman–Crippen LogP) is 4.10. The van der Waals surface area contributed by atoms with E-state index in [-0.39, 0.29) is 24.0 Å². The van der Waals surface area contributed by atoms with Gasteiger partial charge in [0.2, 0.25) is 0 Å². The van der Waals surface area contributed by atoms with E-state index in [2.05, 4.69) is 70.6 Å². The maximum Gasteiger partial charge on any atom is 0.194 e. The van der Waals surface area contributed by atoms with Crippen LogP contribution in [0.2, 0.25) is 0 Å². The molecule has 7 heteroatoms. The zero-order valence-electron chi connectivity index (χ0n) is 19.8. The fourth-order valence-corrected chi connectivity index (χ4v) is 4.54. The van der Waals surface area contributed by atoms with Crippen molar-refractivity contribution < 1.29 is 9.47 Å². The fourth-order valence-electron chi connectivity index (χ4n) is 4.54. The third kappa shape index (κ3) is 7.32. The molecule has 2 aromatic carbocycles. The molecule has 0 bridgehead atoms. The van der Waals surface area contributed by atoms with E-state index >= 15 is 0 Å². The number of halogens is 1. The molecule has 0 amide bonds. The van der Waals surface area contributed by atoms with Crippen molar-refractivity contribution in [3.8, 4) is 5.75 Å². The second kappa shape index (κ2) is 13.2. The van der Waals surface area contributed by atoms with E-state index in [4.69, 9.17) is 14.5 Å². The molecule has 0 saturated carbocycles. The number of morpholine rings is 1. The minimum absolute atomic E-state index is 0. The monoisotopic (exact) mass is 564 g/mol. The van der Waals surface area contributed by atoms with Crippen LogP contribution < -0.4 is 10.1 Å². The lowest BCUT2D eigenvalue weighted by Gasteiger charge is -2.26. The van der Waals surface area contributed by atoms with Gasteiger partial charge in [-0.25, -0.2) is 4.99 Å². The molecule has 2 heterocycles. The van der Waals surface area contributed by atoms with Gasteiger partial charge in [-0.1, -0.05) is 36.4 Å². The van der Waals surface area contributed by atoms with Gasteiger partial charge in [0.15, 0.2) is 5.96 Å². The predicted molar refractivity (Wildman–Crippen MR) is 145 cm³/mol. The summed E-state index contributed by atoms with van der Waals surface area (Å²) in [6.45, 7) is 10.4. The van der Waals surface area contributed by atoms with Gasteiger partial charge in [-0.15, -0.1) is 24.0 Å². The van der Waals surface area contributed by atoms with Crippen molar-refractivity contribution in [2.24, 2.45) is 4.99 Å². The number of benzene rings is 2. The van der Waals surface area contributed by atoms with Crippen LogP contribution in [0.3, 0.4) is 0 Å². The summed E-state index contributed by atoms with van der Waals surface area (Å²) >= 11 is 0. The molecule has 2 saturated heterocycles. The Kier molecular flexibility index (Phi) is 10.3. The summed E-state index contributed by atoms with van der Waals surface area (Å²) in [6.07, 6.45) is 1.14. The summed E-state index contributed by atoms with van der Waals surface area (Å²) in [5, 5.41) is 3.50. The molecule has 0 spiro atoms. The number of nitrogens with zero attached hydrogens (tertiary/aromatic N) is 3. The molecule has 1 N–H and O–H groups in total. The lowest BCUT2D eigenvalue weighted by atomic mass is 9.98. The van der Waals surface area contributed by atoms with E-state index in [1.165, 1.54) is 16.7 Å². The SMILES string of the molecule is CCNC(=NCc1cccc(CN2CCOCC2)c1)N1CCC(c2ccc(OC)cc2)C1.I. The van der Waals surface area contributed by atoms with Crippen LogP contribution in [0.25, 0.3) is 0 Å². The highest BCUT2D eigenvalue weighted by Crippen LogP contribution is 2.28. The Balaban J connectivity index is 0.00000306. The highest BCUT2D eigenvalue weighted by atomic mass is 127. The molecule has 2 aliphatic heterocycles. The van der Waals surface area contributed by atoms with Crippen LogP contribution in [0.5, 0.6) is 5.75 Å². The number of rotatable bonds is 7. The van der Waals surface area contributed by atoms with Crippen molar-refractivity contribution in [2.75, 3.05) is 53.0 Å². The molecule has 180 valence electrons. The Labute approximate surface area is 215 Å². The quantitative estimate of drug-likeness (QED) is 0.312. The number of hydrogen-bond donors (Lipinski definition) is 1. The third-order valence-electron chi connectivity index (χ3n) is 6.32. The van der Waals surface area contributed by atoms with Crippen molar-refractivity contribution in [2.45, 2.75) is 32.4 Å². The smallest absolute Gasteiger partial charge is 0.194 e. The van der Waals surface area contributed by atoms with Gasteiger partial charge in [0.1, 0.15) is 5.75 Å². The number of nitrogens with one attached hydrogen (secondary N) is 1. The van der Waals surface area contributed by atoms with Gasteiger partial charge in [0.05, 0.1) is 26.9 Å².